The first-order valence-corrected chi connectivity index (χ1v) is 5.50. The van der Waals surface area contributed by atoms with Crippen molar-refractivity contribution in [2.45, 2.75) is 44.3 Å². The summed E-state index contributed by atoms with van der Waals surface area (Å²) in [5, 5.41) is 11.1. The summed E-state index contributed by atoms with van der Waals surface area (Å²) in [4.78, 5) is 10.8. The fourth-order valence-corrected chi connectivity index (χ4v) is 2.04. The van der Waals surface area contributed by atoms with Gasteiger partial charge in [0.2, 0.25) is 5.91 Å². The van der Waals surface area contributed by atoms with E-state index in [1.807, 2.05) is 0 Å². The largest absolute Gasteiger partial charge is 0.356 e. The summed E-state index contributed by atoms with van der Waals surface area (Å²) in [5.74, 6) is 0.492. The molecule has 0 saturated heterocycles. The van der Waals surface area contributed by atoms with Gasteiger partial charge in [0, 0.05) is 18.8 Å². The molecule has 4 heteroatoms. The average molecular weight is 204 g/mol. The first kappa shape index (κ1) is 12.1. The average Bonchev–Trinajstić information content (AvgIpc) is 2.38. The Kier molecular flexibility index (Phi) is 4.20. The molecule has 0 aliphatic heterocycles. The van der Waals surface area contributed by atoms with Gasteiger partial charge in [-0.25, -0.2) is 0 Å². The quantitative estimate of drug-likeness (QED) is 0.548. The molecule has 2 unspecified atom stereocenters. The molecular weight excluding hydrogens is 187 g/mol. The molecule has 1 fully saturated rings. The van der Waals surface area contributed by atoms with Crippen LogP contribution >= 0.6 is 0 Å². The van der Waals surface area contributed by atoms with Crippen LogP contribution in [-0.4, -0.2) is 20.3 Å². The summed E-state index contributed by atoms with van der Waals surface area (Å²) in [6, 6.07) is 2.20. The van der Waals surface area contributed by atoms with Crippen LogP contribution in [0.1, 0.15) is 39.0 Å². The van der Waals surface area contributed by atoms with E-state index in [1.54, 1.807) is 0 Å². The van der Waals surface area contributed by atoms with Gasteiger partial charge >= 0.3 is 0 Å². The Morgan fingerprint density at radius 1 is 1.60 bits per heavy atom. The Morgan fingerprint density at radius 3 is 2.93 bits per heavy atom. The summed E-state index contributed by atoms with van der Waals surface area (Å²) < 4.78 is 0. The molecule has 0 aromatic rings. The first-order valence-electron chi connectivity index (χ1n) is 5.50. The van der Waals surface area contributed by atoms with Crippen LogP contribution in [0.2, 0.25) is 5.31 Å². The molecule has 0 aromatic heterocycles. The van der Waals surface area contributed by atoms with Gasteiger partial charge in [-0.2, -0.15) is 5.26 Å². The lowest BCUT2D eigenvalue weighted by Gasteiger charge is -2.19. The molecule has 1 aliphatic carbocycles. The first-order chi connectivity index (χ1) is 7.06. The fraction of sp³-hybridized carbons (Fsp3) is 0.818. The van der Waals surface area contributed by atoms with Gasteiger partial charge in [-0.05, 0) is 31.6 Å². The number of nitrogens with one attached hydrogen (secondary N) is 1. The highest BCUT2D eigenvalue weighted by atomic mass is 16.1. The predicted molar refractivity (Wildman–Crippen MR) is 59.3 cm³/mol. The summed E-state index contributed by atoms with van der Waals surface area (Å²) >= 11 is 0. The van der Waals surface area contributed by atoms with E-state index in [0.29, 0.717) is 5.92 Å². The van der Waals surface area contributed by atoms with Crippen LogP contribution in [0, 0.1) is 17.2 Å². The minimum atomic E-state index is -0.634. The zero-order valence-corrected chi connectivity index (χ0v) is 9.25. The third kappa shape index (κ3) is 3.95. The maximum absolute atomic E-state index is 10.8. The number of nitriles is 1. The van der Waals surface area contributed by atoms with Crippen LogP contribution in [0.15, 0.2) is 0 Å². The predicted octanol–water partition coefficient (Wildman–Crippen LogP) is 1.55. The van der Waals surface area contributed by atoms with Crippen LogP contribution in [0.5, 0.6) is 0 Å². The number of amides is 1. The van der Waals surface area contributed by atoms with Crippen molar-refractivity contribution in [2.75, 3.05) is 6.54 Å². The van der Waals surface area contributed by atoms with E-state index in [1.165, 1.54) is 6.92 Å². The minimum Gasteiger partial charge on any atom is -0.356 e. The second kappa shape index (κ2) is 5.20. The standard InChI is InChI=1S/C11H17BN2O/c1-9(15)14-7-10-3-2-5-11(12,8-13)6-4-10/h10H,2-7H2,1H3,(H,14,15). The monoisotopic (exact) mass is 204 g/mol. The fourth-order valence-electron chi connectivity index (χ4n) is 2.04. The number of carbonyl (C=O) groups excluding carboxylic acids is 1. The van der Waals surface area contributed by atoms with Crippen molar-refractivity contribution in [3.8, 4) is 6.07 Å². The molecule has 2 radical (unpaired) electrons. The van der Waals surface area contributed by atoms with E-state index in [4.69, 9.17) is 13.1 Å². The van der Waals surface area contributed by atoms with Gasteiger partial charge in [0.1, 0.15) is 0 Å². The van der Waals surface area contributed by atoms with Crippen molar-refractivity contribution in [3.05, 3.63) is 0 Å². The molecule has 3 nitrogen and oxygen atoms in total. The Labute approximate surface area is 92.6 Å². The highest BCUT2D eigenvalue weighted by Crippen LogP contribution is 2.39. The molecule has 80 valence electrons. The summed E-state index contributed by atoms with van der Waals surface area (Å²) in [7, 11) is 5.93. The third-order valence-electron chi connectivity index (χ3n) is 3.10. The number of rotatable bonds is 2. The van der Waals surface area contributed by atoms with Gasteiger partial charge in [-0.3, -0.25) is 4.79 Å². The highest BCUT2D eigenvalue weighted by Gasteiger charge is 2.27. The van der Waals surface area contributed by atoms with Gasteiger partial charge < -0.3 is 5.32 Å². The topological polar surface area (TPSA) is 52.9 Å². The van der Waals surface area contributed by atoms with Gasteiger partial charge in [0.15, 0.2) is 0 Å². The zero-order chi connectivity index (χ0) is 11.3. The minimum absolute atomic E-state index is 0.0125. The molecule has 0 heterocycles. The van der Waals surface area contributed by atoms with Crippen LogP contribution in [0.4, 0.5) is 0 Å². The molecule has 1 amide bonds. The summed E-state index contributed by atoms with van der Waals surface area (Å²) in [5.41, 5.74) is 0. The van der Waals surface area contributed by atoms with Crippen molar-refractivity contribution in [1.82, 2.24) is 5.32 Å². The van der Waals surface area contributed by atoms with Crippen molar-refractivity contribution >= 4 is 13.8 Å². The van der Waals surface area contributed by atoms with E-state index in [0.717, 1.165) is 38.6 Å². The van der Waals surface area contributed by atoms with E-state index in [-0.39, 0.29) is 5.91 Å². The van der Waals surface area contributed by atoms with E-state index in [9.17, 15) is 4.79 Å². The van der Waals surface area contributed by atoms with Crippen LogP contribution in [0.25, 0.3) is 0 Å². The normalized spacial score (nSPS) is 31.3. The molecule has 0 aromatic carbocycles. The van der Waals surface area contributed by atoms with Gasteiger partial charge in [0.25, 0.3) is 0 Å². The van der Waals surface area contributed by atoms with Crippen LogP contribution in [0.3, 0.4) is 0 Å². The second-order valence-electron chi connectivity index (χ2n) is 4.50. The van der Waals surface area contributed by atoms with Gasteiger partial charge in [0.05, 0.1) is 13.9 Å². The molecule has 1 saturated carbocycles. The lowest BCUT2D eigenvalue weighted by molar-refractivity contribution is -0.119. The maximum atomic E-state index is 10.8. The molecule has 1 N–H and O–H groups in total. The molecule has 1 rings (SSSR count). The van der Waals surface area contributed by atoms with Crippen molar-refractivity contribution in [1.29, 1.82) is 5.26 Å². The second-order valence-corrected chi connectivity index (χ2v) is 4.50. The molecule has 1 aliphatic rings. The van der Waals surface area contributed by atoms with Crippen molar-refractivity contribution < 1.29 is 4.79 Å². The highest BCUT2D eigenvalue weighted by molar-refractivity contribution is 6.17. The third-order valence-corrected chi connectivity index (χ3v) is 3.10. The Balaban J connectivity index is 2.40. The number of nitrogens with zero attached hydrogens (tertiary/aromatic N) is 1. The lowest BCUT2D eigenvalue weighted by Crippen LogP contribution is -2.26. The zero-order valence-electron chi connectivity index (χ0n) is 9.25. The molecule has 0 bridgehead atoms. The smallest absolute Gasteiger partial charge is 0.216 e. The van der Waals surface area contributed by atoms with Crippen LogP contribution < -0.4 is 5.32 Å². The van der Waals surface area contributed by atoms with E-state index >= 15 is 0 Å². The summed E-state index contributed by atoms with van der Waals surface area (Å²) in [6.45, 7) is 2.25. The Bertz CT molecular complexity index is 274. The number of carbonyl (C=O) groups is 1. The number of hydrogen-bond donors (Lipinski definition) is 1. The van der Waals surface area contributed by atoms with Gasteiger partial charge in [-0.15, -0.1) is 0 Å². The SMILES string of the molecule is [B]C1(C#N)CCCC(CNC(C)=O)CC1. The summed E-state index contributed by atoms with van der Waals surface area (Å²) in [6.07, 6.45) is 4.49. The van der Waals surface area contributed by atoms with Crippen molar-refractivity contribution in [3.63, 3.8) is 0 Å². The Morgan fingerprint density at radius 2 is 2.33 bits per heavy atom. The molecule has 0 spiro atoms. The van der Waals surface area contributed by atoms with E-state index < -0.39 is 5.31 Å². The maximum Gasteiger partial charge on any atom is 0.216 e. The van der Waals surface area contributed by atoms with Crippen molar-refractivity contribution in [2.24, 2.45) is 5.92 Å². The molecule has 15 heavy (non-hydrogen) atoms. The van der Waals surface area contributed by atoms with Crippen LogP contribution in [-0.2, 0) is 4.79 Å². The van der Waals surface area contributed by atoms with E-state index in [2.05, 4.69) is 11.4 Å². The van der Waals surface area contributed by atoms with Gasteiger partial charge in [-0.1, -0.05) is 6.42 Å². The number of hydrogen-bond acceptors (Lipinski definition) is 2. The Hall–Kier alpha value is -0.975. The molecular formula is C11H17BN2O. The lowest BCUT2D eigenvalue weighted by atomic mass is 9.65. The molecule has 2 atom stereocenters.